The molecule has 2 aromatic rings. The van der Waals surface area contributed by atoms with Gasteiger partial charge in [0, 0.05) is 23.9 Å². The number of nitrogens with one attached hydrogen (secondary N) is 1. The molecule has 32 heavy (non-hydrogen) atoms. The highest BCUT2D eigenvalue weighted by Crippen LogP contribution is 2.39. The first kappa shape index (κ1) is 20.5. The van der Waals surface area contributed by atoms with Crippen LogP contribution in [0.1, 0.15) is 37.7 Å². The first-order valence-electron chi connectivity index (χ1n) is 11.1. The van der Waals surface area contributed by atoms with Crippen molar-refractivity contribution < 1.29 is 23.5 Å². The molecule has 1 atom stereocenters. The highest BCUT2D eigenvalue weighted by Gasteiger charge is 2.40. The van der Waals surface area contributed by atoms with Crippen molar-refractivity contribution in [1.29, 1.82) is 0 Å². The van der Waals surface area contributed by atoms with Gasteiger partial charge in [-0.2, -0.15) is 0 Å². The van der Waals surface area contributed by atoms with Crippen LogP contribution in [0.5, 0.6) is 11.5 Å². The molecule has 0 aromatic heterocycles. The molecule has 2 heterocycles. The van der Waals surface area contributed by atoms with E-state index < -0.39 is 0 Å². The first-order valence-corrected chi connectivity index (χ1v) is 11.1. The summed E-state index contributed by atoms with van der Waals surface area (Å²) >= 11 is 0. The summed E-state index contributed by atoms with van der Waals surface area (Å²) in [6.45, 7) is 1.40. The number of benzene rings is 2. The molecule has 2 amide bonds. The van der Waals surface area contributed by atoms with Crippen LogP contribution in [0, 0.1) is 5.82 Å². The van der Waals surface area contributed by atoms with E-state index in [1.807, 2.05) is 4.90 Å². The highest BCUT2D eigenvalue weighted by atomic mass is 19.1. The minimum absolute atomic E-state index is 0.0263. The minimum atomic E-state index is -0.297. The summed E-state index contributed by atoms with van der Waals surface area (Å²) < 4.78 is 24.4. The number of fused-ring (bicyclic) bond motifs is 2. The number of hydrogen-bond donors (Lipinski definition) is 1. The third-order valence-electron chi connectivity index (χ3n) is 6.29. The third kappa shape index (κ3) is 4.07. The molecule has 1 aliphatic carbocycles. The quantitative estimate of drug-likeness (QED) is 0.763. The molecule has 2 aliphatic heterocycles. The summed E-state index contributed by atoms with van der Waals surface area (Å²) in [5, 5.41) is 2.88. The second-order valence-corrected chi connectivity index (χ2v) is 8.41. The molecule has 1 fully saturated rings. The summed E-state index contributed by atoms with van der Waals surface area (Å²) in [6.07, 6.45) is 3.85. The highest BCUT2D eigenvalue weighted by molar-refractivity contribution is 6.05. The number of rotatable bonds is 5. The van der Waals surface area contributed by atoms with Crippen molar-refractivity contribution in [3.63, 3.8) is 0 Å². The molecular formula is C25H25FN2O4. The van der Waals surface area contributed by atoms with Crippen LogP contribution in [0.3, 0.4) is 0 Å². The largest absolute Gasteiger partial charge is 0.486 e. The molecule has 0 radical (unpaired) electrons. The van der Waals surface area contributed by atoms with Crippen LogP contribution in [0.2, 0.25) is 0 Å². The molecule has 166 valence electrons. The molecule has 3 aliphatic rings. The Kier molecular flexibility index (Phi) is 5.55. The van der Waals surface area contributed by atoms with Crippen LogP contribution in [0.15, 0.2) is 53.6 Å². The Morgan fingerprint density at radius 1 is 1.06 bits per heavy atom. The summed E-state index contributed by atoms with van der Waals surface area (Å²) in [4.78, 5) is 28.0. The second kappa shape index (κ2) is 8.65. The van der Waals surface area contributed by atoms with Gasteiger partial charge in [0.25, 0.3) is 5.91 Å². The normalized spacial score (nSPS) is 19.7. The SMILES string of the molecule is O=C(CC1=C2CCCCC2N(Cc2ccc(F)cc2)C1=O)Nc1ccc2c(c1)OCCO2. The average Bonchev–Trinajstić information content (AvgIpc) is 3.06. The Morgan fingerprint density at radius 3 is 2.66 bits per heavy atom. The van der Waals surface area contributed by atoms with Crippen molar-refractivity contribution in [3.05, 3.63) is 65.0 Å². The van der Waals surface area contributed by atoms with Crippen LogP contribution in [-0.2, 0) is 16.1 Å². The van der Waals surface area contributed by atoms with Gasteiger partial charge in [0.1, 0.15) is 19.0 Å². The number of hydrogen-bond acceptors (Lipinski definition) is 4. The Hall–Kier alpha value is -3.35. The van der Waals surface area contributed by atoms with Crippen molar-refractivity contribution in [2.75, 3.05) is 18.5 Å². The molecule has 2 aromatic carbocycles. The number of ether oxygens (including phenoxy) is 2. The van der Waals surface area contributed by atoms with E-state index in [2.05, 4.69) is 5.32 Å². The van der Waals surface area contributed by atoms with Gasteiger partial charge in [-0.05, 0) is 54.7 Å². The van der Waals surface area contributed by atoms with E-state index in [1.54, 1.807) is 30.3 Å². The molecule has 0 saturated heterocycles. The van der Waals surface area contributed by atoms with Crippen LogP contribution >= 0.6 is 0 Å². The maximum atomic E-state index is 13.3. The fraction of sp³-hybridized carbons (Fsp3) is 0.360. The minimum Gasteiger partial charge on any atom is -0.486 e. The zero-order valence-corrected chi connectivity index (χ0v) is 17.7. The number of carbonyl (C=O) groups excluding carboxylic acids is 2. The lowest BCUT2D eigenvalue weighted by Gasteiger charge is -2.30. The summed E-state index contributed by atoms with van der Waals surface area (Å²) in [5.41, 5.74) is 3.18. The maximum absolute atomic E-state index is 13.3. The van der Waals surface area contributed by atoms with Crippen molar-refractivity contribution in [2.45, 2.75) is 44.7 Å². The van der Waals surface area contributed by atoms with E-state index in [4.69, 9.17) is 9.47 Å². The average molecular weight is 436 g/mol. The topological polar surface area (TPSA) is 67.9 Å². The van der Waals surface area contributed by atoms with Gasteiger partial charge in [-0.15, -0.1) is 0 Å². The molecule has 1 unspecified atom stereocenters. The zero-order chi connectivity index (χ0) is 22.1. The van der Waals surface area contributed by atoms with Gasteiger partial charge >= 0.3 is 0 Å². The second-order valence-electron chi connectivity index (χ2n) is 8.41. The predicted octanol–water partition coefficient (Wildman–Crippen LogP) is 4.21. The Labute approximate surface area is 186 Å². The standard InChI is InChI=1S/C25H25FN2O4/c26-17-7-5-16(6-8-17)15-28-21-4-2-1-3-19(21)20(25(28)30)14-24(29)27-18-9-10-22-23(13-18)32-12-11-31-22/h5-10,13,21H,1-4,11-12,14-15H2,(H,27,29). The van der Waals surface area contributed by atoms with Gasteiger partial charge in [0.15, 0.2) is 11.5 Å². The van der Waals surface area contributed by atoms with E-state index in [1.165, 1.54) is 12.1 Å². The first-order chi connectivity index (χ1) is 15.6. The molecule has 7 heteroatoms. The summed E-state index contributed by atoms with van der Waals surface area (Å²) in [5.74, 6) is 0.644. The Balaban J connectivity index is 1.31. The van der Waals surface area contributed by atoms with Gasteiger partial charge in [0.05, 0.1) is 12.5 Å². The fourth-order valence-corrected chi connectivity index (χ4v) is 4.79. The van der Waals surface area contributed by atoms with E-state index in [0.29, 0.717) is 42.5 Å². The lowest BCUT2D eigenvalue weighted by atomic mass is 9.88. The van der Waals surface area contributed by atoms with E-state index >= 15 is 0 Å². The van der Waals surface area contributed by atoms with Crippen LogP contribution in [0.25, 0.3) is 0 Å². The number of carbonyl (C=O) groups is 2. The fourth-order valence-electron chi connectivity index (χ4n) is 4.79. The van der Waals surface area contributed by atoms with E-state index in [0.717, 1.165) is 36.8 Å². The molecule has 0 bridgehead atoms. The third-order valence-corrected chi connectivity index (χ3v) is 6.29. The van der Waals surface area contributed by atoms with E-state index in [9.17, 15) is 14.0 Å². The van der Waals surface area contributed by atoms with Gasteiger partial charge < -0.3 is 19.7 Å². The van der Waals surface area contributed by atoms with Crippen molar-refractivity contribution in [3.8, 4) is 11.5 Å². The van der Waals surface area contributed by atoms with E-state index in [-0.39, 0.29) is 30.1 Å². The van der Waals surface area contributed by atoms with Crippen LogP contribution in [-0.4, -0.2) is 36.0 Å². The molecule has 0 spiro atoms. The lowest BCUT2D eigenvalue weighted by Crippen LogP contribution is -2.36. The van der Waals surface area contributed by atoms with Gasteiger partial charge in [0.2, 0.25) is 5.91 Å². The number of halogens is 1. The lowest BCUT2D eigenvalue weighted by molar-refractivity contribution is -0.129. The zero-order valence-electron chi connectivity index (χ0n) is 17.7. The predicted molar refractivity (Wildman–Crippen MR) is 117 cm³/mol. The molecular weight excluding hydrogens is 411 g/mol. The smallest absolute Gasteiger partial charge is 0.251 e. The Morgan fingerprint density at radius 2 is 1.84 bits per heavy atom. The molecule has 1 saturated carbocycles. The number of nitrogens with zero attached hydrogens (tertiary/aromatic N) is 1. The van der Waals surface area contributed by atoms with Crippen molar-refractivity contribution in [1.82, 2.24) is 4.90 Å². The maximum Gasteiger partial charge on any atom is 0.251 e. The summed E-state index contributed by atoms with van der Waals surface area (Å²) in [6, 6.07) is 11.5. The van der Waals surface area contributed by atoms with Crippen LogP contribution in [0.4, 0.5) is 10.1 Å². The van der Waals surface area contributed by atoms with Gasteiger partial charge in [-0.3, -0.25) is 9.59 Å². The number of amides is 2. The van der Waals surface area contributed by atoms with Crippen molar-refractivity contribution in [2.24, 2.45) is 0 Å². The van der Waals surface area contributed by atoms with Gasteiger partial charge in [-0.25, -0.2) is 4.39 Å². The van der Waals surface area contributed by atoms with Crippen molar-refractivity contribution >= 4 is 17.5 Å². The molecule has 6 nitrogen and oxygen atoms in total. The number of anilines is 1. The van der Waals surface area contributed by atoms with Gasteiger partial charge in [-0.1, -0.05) is 18.6 Å². The molecule has 1 N–H and O–H groups in total. The summed E-state index contributed by atoms with van der Waals surface area (Å²) in [7, 11) is 0. The van der Waals surface area contributed by atoms with Crippen LogP contribution < -0.4 is 14.8 Å². The monoisotopic (exact) mass is 436 g/mol. The molecule has 5 rings (SSSR count). The Bertz CT molecular complexity index is 1080.